The van der Waals surface area contributed by atoms with Gasteiger partial charge in [0, 0.05) is 10.7 Å². The van der Waals surface area contributed by atoms with Crippen LogP contribution in [0.4, 0.5) is 8.78 Å². The third kappa shape index (κ3) is 3.50. The summed E-state index contributed by atoms with van der Waals surface area (Å²) in [6.07, 6.45) is 0.721. The van der Waals surface area contributed by atoms with E-state index in [2.05, 4.69) is 45.7 Å². The van der Waals surface area contributed by atoms with E-state index in [1.807, 2.05) is 0 Å². The summed E-state index contributed by atoms with van der Waals surface area (Å²) in [4.78, 5) is 0. The van der Waals surface area contributed by atoms with Gasteiger partial charge in [-0.2, -0.15) is 0 Å². The van der Waals surface area contributed by atoms with Crippen molar-refractivity contribution in [2.75, 3.05) is 10.7 Å². The first-order chi connectivity index (χ1) is 7.95. The van der Waals surface area contributed by atoms with Gasteiger partial charge in [0.25, 0.3) is 0 Å². The summed E-state index contributed by atoms with van der Waals surface area (Å²) >= 11 is 7.05. The Kier molecular flexibility index (Phi) is 5.58. The Bertz CT molecular complexity index is 374. The molecule has 0 bridgehead atoms. The van der Waals surface area contributed by atoms with Crippen molar-refractivity contribution in [2.24, 2.45) is 11.3 Å². The van der Waals surface area contributed by atoms with E-state index in [1.165, 1.54) is 12.1 Å². The molecule has 0 aliphatic heterocycles. The van der Waals surface area contributed by atoms with E-state index >= 15 is 0 Å². The van der Waals surface area contributed by atoms with E-state index in [0.29, 0.717) is 5.92 Å². The molecule has 1 aromatic carbocycles. The summed E-state index contributed by atoms with van der Waals surface area (Å²) in [7, 11) is 0. The summed E-state index contributed by atoms with van der Waals surface area (Å²) in [5.41, 5.74) is 0.848. The molecule has 0 fully saturated rings. The number of alkyl halides is 2. The Hall–Kier alpha value is 0.0400. The van der Waals surface area contributed by atoms with Crippen molar-refractivity contribution in [3.05, 3.63) is 35.4 Å². The Morgan fingerprint density at radius 2 is 1.71 bits per heavy atom. The highest BCUT2D eigenvalue weighted by Gasteiger charge is 2.32. The standard InChI is InChI=1S/C13H16Br2F2/c1-9(2)13(7-14,8-15)6-10-3-4-11(16)12(17)5-10/h3-5,9H,6-8H2,1-2H3. The molecule has 1 aromatic rings. The van der Waals surface area contributed by atoms with Gasteiger partial charge in [-0.15, -0.1) is 0 Å². The van der Waals surface area contributed by atoms with E-state index in [0.717, 1.165) is 22.6 Å². The molecular weight excluding hydrogens is 354 g/mol. The lowest BCUT2D eigenvalue weighted by atomic mass is 9.76. The largest absolute Gasteiger partial charge is 0.204 e. The van der Waals surface area contributed by atoms with E-state index in [1.54, 1.807) is 6.07 Å². The minimum Gasteiger partial charge on any atom is -0.204 e. The maximum Gasteiger partial charge on any atom is 0.159 e. The Morgan fingerprint density at radius 3 is 2.12 bits per heavy atom. The van der Waals surface area contributed by atoms with Crippen LogP contribution in [-0.4, -0.2) is 10.7 Å². The molecule has 0 aliphatic carbocycles. The summed E-state index contributed by atoms with van der Waals surface area (Å²) in [5.74, 6) is -1.12. The van der Waals surface area contributed by atoms with Gasteiger partial charge in [0.1, 0.15) is 0 Å². The smallest absolute Gasteiger partial charge is 0.159 e. The minimum absolute atomic E-state index is 0.0181. The molecule has 0 saturated heterocycles. The number of hydrogen-bond acceptors (Lipinski definition) is 0. The predicted molar refractivity (Wildman–Crippen MR) is 74.9 cm³/mol. The molecular formula is C13H16Br2F2. The molecule has 0 unspecified atom stereocenters. The van der Waals surface area contributed by atoms with Crippen molar-refractivity contribution in [2.45, 2.75) is 20.3 Å². The fraction of sp³-hybridized carbons (Fsp3) is 0.538. The monoisotopic (exact) mass is 368 g/mol. The van der Waals surface area contributed by atoms with Crippen molar-refractivity contribution < 1.29 is 8.78 Å². The van der Waals surface area contributed by atoms with Crippen molar-refractivity contribution in [1.82, 2.24) is 0 Å². The zero-order valence-corrected chi connectivity index (χ0v) is 13.1. The van der Waals surface area contributed by atoms with Gasteiger partial charge in [-0.3, -0.25) is 0 Å². The Balaban J connectivity index is 2.97. The topological polar surface area (TPSA) is 0 Å². The summed E-state index contributed by atoms with van der Waals surface area (Å²) in [5, 5.41) is 1.64. The van der Waals surface area contributed by atoms with E-state index in [4.69, 9.17) is 0 Å². The third-order valence-corrected chi connectivity index (χ3v) is 5.53. The van der Waals surface area contributed by atoms with E-state index in [9.17, 15) is 8.78 Å². The first kappa shape index (κ1) is 15.1. The van der Waals surface area contributed by atoms with Crippen LogP contribution in [0.5, 0.6) is 0 Å². The van der Waals surface area contributed by atoms with Crippen LogP contribution in [-0.2, 0) is 6.42 Å². The zero-order valence-electron chi connectivity index (χ0n) is 9.94. The zero-order chi connectivity index (χ0) is 13.1. The second kappa shape index (κ2) is 6.28. The number of halogens is 4. The SMILES string of the molecule is CC(C)C(CBr)(CBr)Cc1ccc(F)c(F)c1. The van der Waals surface area contributed by atoms with Crippen molar-refractivity contribution in [1.29, 1.82) is 0 Å². The van der Waals surface area contributed by atoms with Crippen LogP contribution in [0.1, 0.15) is 19.4 Å². The second-order valence-electron chi connectivity index (χ2n) is 4.71. The van der Waals surface area contributed by atoms with Gasteiger partial charge in [0.05, 0.1) is 0 Å². The van der Waals surface area contributed by atoms with E-state index in [-0.39, 0.29) is 5.41 Å². The van der Waals surface area contributed by atoms with E-state index < -0.39 is 11.6 Å². The Labute approximate surface area is 118 Å². The van der Waals surface area contributed by atoms with Crippen LogP contribution < -0.4 is 0 Å². The minimum atomic E-state index is -0.790. The first-order valence-corrected chi connectivity index (χ1v) is 7.75. The molecule has 17 heavy (non-hydrogen) atoms. The molecule has 0 N–H and O–H groups in total. The fourth-order valence-electron chi connectivity index (χ4n) is 1.70. The molecule has 96 valence electrons. The third-order valence-electron chi connectivity index (χ3n) is 3.30. The van der Waals surface area contributed by atoms with Crippen LogP contribution in [0.3, 0.4) is 0 Å². The first-order valence-electron chi connectivity index (χ1n) is 5.51. The average Bonchev–Trinajstić information content (AvgIpc) is 2.30. The van der Waals surface area contributed by atoms with Crippen LogP contribution in [0, 0.1) is 23.0 Å². The van der Waals surface area contributed by atoms with Crippen LogP contribution >= 0.6 is 31.9 Å². The molecule has 0 amide bonds. The molecule has 1 rings (SSSR count). The van der Waals surface area contributed by atoms with Crippen molar-refractivity contribution >= 4 is 31.9 Å². The van der Waals surface area contributed by atoms with Crippen LogP contribution in [0.2, 0.25) is 0 Å². The van der Waals surface area contributed by atoms with Crippen molar-refractivity contribution in [3.8, 4) is 0 Å². The highest BCUT2D eigenvalue weighted by molar-refractivity contribution is 9.09. The molecule has 0 saturated carbocycles. The van der Waals surface area contributed by atoms with Crippen molar-refractivity contribution in [3.63, 3.8) is 0 Å². The predicted octanol–water partition coefficient (Wildman–Crippen LogP) is 4.94. The highest BCUT2D eigenvalue weighted by Crippen LogP contribution is 2.36. The summed E-state index contributed by atoms with van der Waals surface area (Å²) < 4.78 is 26.0. The quantitative estimate of drug-likeness (QED) is 0.645. The fourth-order valence-corrected chi connectivity index (χ4v) is 4.32. The number of rotatable bonds is 5. The lowest BCUT2D eigenvalue weighted by molar-refractivity contribution is 0.267. The van der Waals surface area contributed by atoms with Gasteiger partial charge in [-0.05, 0) is 35.4 Å². The maximum atomic E-state index is 13.2. The lowest BCUT2D eigenvalue weighted by Crippen LogP contribution is -2.33. The van der Waals surface area contributed by atoms with Gasteiger partial charge in [-0.1, -0.05) is 51.8 Å². The molecule has 0 aromatic heterocycles. The molecule has 0 radical (unpaired) electrons. The molecule has 0 aliphatic rings. The molecule has 0 nitrogen and oxygen atoms in total. The van der Waals surface area contributed by atoms with Gasteiger partial charge in [0.15, 0.2) is 11.6 Å². The normalized spacial score (nSPS) is 12.2. The number of benzene rings is 1. The molecule has 0 spiro atoms. The number of hydrogen-bond donors (Lipinski definition) is 0. The van der Waals surface area contributed by atoms with Gasteiger partial charge in [-0.25, -0.2) is 8.78 Å². The van der Waals surface area contributed by atoms with Crippen LogP contribution in [0.15, 0.2) is 18.2 Å². The molecule has 4 heteroatoms. The average molecular weight is 370 g/mol. The Morgan fingerprint density at radius 1 is 1.12 bits per heavy atom. The molecule has 0 atom stereocenters. The maximum absolute atomic E-state index is 13.2. The van der Waals surface area contributed by atoms with Gasteiger partial charge < -0.3 is 0 Å². The van der Waals surface area contributed by atoms with Gasteiger partial charge >= 0.3 is 0 Å². The van der Waals surface area contributed by atoms with Gasteiger partial charge in [0.2, 0.25) is 0 Å². The summed E-state index contributed by atoms with van der Waals surface area (Å²) in [6.45, 7) is 4.28. The molecule has 0 heterocycles. The summed E-state index contributed by atoms with van der Waals surface area (Å²) in [6, 6.07) is 4.14. The lowest BCUT2D eigenvalue weighted by Gasteiger charge is -2.34. The van der Waals surface area contributed by atoms with Crippen LogP contribution in [0.25, 0.3) is 0 Å². The highest BCUT2D eigenvalue weighted by atomic mass is 79.9. The second-order valence-corrected chi connectivity index (χ2v) is 5.83.